The highest BCUT2D eigenvalue weighted by molar-refractivity contribution is 5.63. The zero-order chi connectivity index (χ0) is 24.8. The summed E-state index contributed by atoms with van der Waals surface area (Å²) in [6.45, 7) is 4.88. The Morgan fingerprint density at radius 3 is 2.17 bits per heavy atom. The second kappa shape index (κ2) is 11.8. The molecule has 3 nitrogen and oxygen atoms in total. The highest BCUT2D eigenvalue weighted by Crippen LogP contribution is 2.29. The van der Waals surface area contributed by atoms with Gasteiger partial charge >= 0.3 is 5.69 Å². The molecule has 0 atom stereocenters. The van der Waals surface area contributed by atoms with Crippen LogP contribution in [0.1, 0.15) is 82.2 Å². The standard InChI is InChI=1S/C30H38F2N2O/c1-22(2)13-18-27-28(29(31)32)33(20-19-23-9-5-3-6-10-23)30(35)34(27)21-24-14-16-26(17-15-24)25-11-7-4-8-12-25/h4,7-8,11-12,14-17,22-23,29H,3,5-6,9-10,13,18-21H2,1-2H3. The highest BCUT2D eigenvalue weighted by Gasteiger charge is 2.27. The Balaban J connectivity index is 1.64. The minimum atomic E-state index is -2.65. The van der Waals surface area contributed by atoms with Crippen molar-refractivity contribution in [3.05, 3.63) is 82.0 Å². The van der Waals surface area contributed by atoms with E-state index >= 15 is 0 Å². The summed E-state index contributed by atoms with van der Waals surface area (Å²) in [7, 11) is 0. The zero-order valence-corrected chi connectivity index (χ0v) is 21.1. The van der Waals surface area contributed by atoms with Crippen LogP contribution in [-0.4, -0.2) is 9.13 Å². The number of hydrogen-bond donors (Lipinski definition) is 0. The monoisotopic (exact) mass is 480 g/mol. The van der Waals surface area contributed by atoms with Gasteiger partial charge in [0.05, 0.1) is 6.54 Å². The molecule has 0 amide bonds. The third kappa shape index (κ3) is 6.31. The van der Waals surface area contributed by atoms with Gasteiger partial charge in [0.1, 0.15) is 5.69 Å². The van der Waals surface area contributed by atoms with Gasteiger partial charge in [0.15, 0.2) is 0 Å². The van der Waals surface area contributed by atoms with Gasteiger partial charge in [-0.2, -0.15) is 0 Å². The van der Waals surface area contributed by atoms with E-state index < -0.39 is 6.43 Å². The first-order valence-corrected chi connectivity index (χ1v) is 13.2. The Labute approximate surface area is 207 Å². The molecule has 0 N–H and O–H groups in total. The fourth-order valence-corrected chi connectivity index (χ4v) is 5.37. The molecule has 2 aromatic carbocycles. The molecular formula is C30H38F2N2O. The Bertz CT molecular complexity index is 1120. The van der Waals surface area contributed by atoms with Crippen LogP contribution < -0.4 is 5.69 Å². The van der Waals surface area contributed by atoms with Gasteiger partial charge in [-0.15, -0.1) is 0 Å². The van der Waals surface area contributed by atoms with Crippen LogP contribution in [0, 0.1) is 11.8 Å². The maximum Gasteiger partial charge on any atom is 0.329 e. The molecule has 1 aliphatic rings. The first kappa shape index (κ1) is 25.4. The molecule has 1 saturated carbocycles. The molecule has 4 rings (SSSR count). The van der Waals surface area contributed by atoms with Crippen LogP contribution in [-0.2, 0) is 19.5 Å². The van der Waals surface area contributed by atoms with Crippen LogP contribution in [0.15, 0.2) is 59.4 Å². The molecule has 0 saturated heterocycles. The van der Waals surface area contributed by atoms with Gasteiger partial charge < -0.3 is 0 Å². The summed E-state index contributed by atoms with van der Waals surface area (Å²) in [5, 5.41) is 0. The first-order valence-electron chi connectivity index (χ1n) is 13.2. The van der Waals surface area contributed by atoms with Crippen LogP contribution >= 0.6 is 0 Å². The van der Waals surface area contributed by atoms with E-state index in [1.54, 1.807) is 4.57 Å². The van der Waals surface area contributed by atoms with Crippen molar-refractivity contribution in [3.63, 3.8) is 0 Å². The lowest BCUT2D eigenvalue weighted by Crippen LogP contribution is -2.27. The molecule has 0 radical (unpaired) electrons. The number of alkyl halides is 2. The van der Waals surface area contributed by atoms with Gasteiger partial charge in [0.25, 0.3) is 6.43 Å². The normalized spacial score (nSPS) is 14.8. The zero-order valence-electron chi connectivity index (χ0n) is 21.1. The second-order valence-corrected chi connectivity index (χ2v) is 10.4. The second-order valence-electron chi connectivity index (χ2n) is 10.4. The van der Waals surface area contributed by atoms with Crippen molar-refractivity contribution in [1.29, 1.82) is 0 Å². The Hall–Kier alpha value is -2.69. The molecular weight excluding hydrogens is 442 g/mol. The summed E-state index contributed by atoms with van der Waals surface area (Å²) in [6, 6.07) is 18.2. The van der Waals surface area contributed by atoms with E-state index in [1.165, 1.54) is 23.8 Å². The third-order valence-electron chi connectivity index (χ3n) is 7.43. The summed E-state index contributed by atoms with van der Waals surface area (Å²) >= 11 is 0. The minimum Gasteiger partial charge on any atom is -0.291 e. The number of hydrogen-bond acceptors (Lipinski definition) is 1. The number of nitrogens with zero attached hydrogens (tertiary/aromatic N) is 2. The van der Waals surface area contributed by atoms with Crippen molar-refractivity contribution in [2.24, 2.45) is 11.8 Å². The van der Waals surface area contributed by atoms with Crippen LogP contribution in [0.25, 0.3) is 11.1 Å². The first-order chi connectivity index (χ1) is 16.9. The van der Waals surface area contributed by atoms with Gasteiger partial charge in [-0.25, -0.2) is 13.6 Å². The predicted molar refractivity (Wildman–Crippen MR) is 139 cm³/mol. The molecule has 0 aliphatic heterocycles. The lowest BCUT2D eigenvalue weighted by Gasteiger charge is -2.21. The fourth-order valence-electron chi connectivity index (χ4n) is 5.37. The molecule has 0 spiro atoms. The molecule has 0 bridgehead atoms. The molecule has 0 unspecified atom stereocenters. The fraction of sp³-hybridized carbons (Fsp3) is 0.500. The van der Waals surface area contributed by atoms with Crippen LogP contribution in [0.2, 0.25) is 0 Å². The summed E-state index contributed by atoms with van der Waals surface area (Å²) in [4.78, 5) is 13.5. The van der Waals surface area contributed by atoms with E-state index in [9.17, 15) is 13.6 Å². The molecule has 188 valence electrons. The van der Waals surface area contributed by atoms with Crippen LogP contribution in [0.5, 0.6) is 0 Å². The topological polar surface area (TPSA) is 26.9 Å². The Morgan fingerprint density at radius 2 is 1.54 bits per heavy atom. The van der Waals surface area contributed by atoms with E-state index in [1.807, 2.05) is 42.5 Å². The molecule has 35 heavy (non-hydrogen) atoms. The quantitative estimate of drug-likeness (QED) is 0.290. The molecule has 5 heteroatoms. The SMILES string of the molecule is CC(C)CCc1c(C(F)F)n(CCC2CCCCC2)c(=O)n1Cc1ccc(-c2ccccc2)cc1. The Kier molecular flexibility index (Phi) is 8.59. The lowest BCUT2D eigenvalue weighted by molar-refractivity contribution is 0.138. The number of aromatic nitrogens is 2. The average molecular weight is 481 g/mol. The summed E-state index contributed by atoms with van der Waals surface area (Å²) < 4.78 is 31.8. The molecule has 1 heterocycles. The summed E-state index contributed by atoms with van der Waals surface area (Å²) in [5.41, 5.74) is 3.33. The summed E-state index contributed by atoms with van der Waals surface area (Å²) in [5.74, 6) is 0.911. The number of benzene rings is 2. The van der Waals surface area contributed by atoms with Crippen molar-refractivity contribution >= 4 is 0 Å². The maximum atomic E-state index is 14.4. The van der Waals surface area contributed by atoms with Gasteiger partial charge in [0, 0.05) is 12.2 Å². The number of imidazole rings is 1. The van der Waals surface area contributed by atoms with Gasteiger partial charge in [0.2, 0.25) is 0 Å². The maximum absolute atomic E-state index is 14.4. The number of halogens is 2. The summed E-state index contributed by atoms with van der Waals surface area (Å²) in [6.07, 6.45) is 5.39. The smallest absolute Gasteiger partial charge is 0.291 e. The van der Waals surface area contributed by atoms with E-state index in [-0.39, 0.29) is 11.4 Å². The predicted octanol–water partition coefficient (Wildman–Crippen LogP) is 7.86. The van der Waals surface area contributed by atoms with E-state index in [0.29, 0.717) is 37.0 Å². The van der Waals surface area contributed by atoms with Crippen molar-refractivity contribution in [3.8, 4) is 11.1 Å². The lowest BCUT2D eigenvalue weighted by atomic mass is 9.87. The van der Waals surface area contributed by atoms with E-state index in [2.05, 4.69) is 26.0 Å². The van der Waals surface area contributed by atoms with E-state index in [0.717, 1.165) is 42.4 Å². The highest BCUT2D eigenvalue weighted by atomic mass is 19.3. The van der Waals surface area contributed by atoms with Crippen molar-refractivity contribution in [1.82, 2.24) is 9.13 Å². The third-order valence-corrected chi connectivity index (χ3v) is 7.43. The van der Waals surface area contributed by atoms with Crippen molar-refractivity contribution in [2.45, 2.75) is 84.7 Å². The Morgan fingerprint density at radius 1 is 0.886 bits per heavy atom. The van der Waals surface area contributed by atoms with Crippen molar-refractivity contribution in [2.75, 3.05) is 0 Å². The van der Waals surface area contributed by atoms with Crippen LogP contribution in [0.4, 0.5) is 8.78 Å². The number of rotatable bonds is 10. The van der Waals surface area contributed by atoms with Crippen molar-refractivity contribution < 1.29 is 8.78 Å². The molecule has 3 aromatic rings. The molecule has 1 fully saturated rings. The van der Waals surface area contributed by atoms with Gasteiger partial charge in [-0.3, -0.25) is 9.13 Å². The molecule has 1 aliphatic carbocycles. The van der Waals surface area contributed by atoms with Gasteiger partial charge in [-0.05, 0) is 47.8 Å². The minimum absolute atomic E-state index is 0.0626. The largest absolute Gasteiger partial charge is 0.329 e. The van der Waals surface area contributed by atoms with Gasteiger partial charge in [-0.1, -0.05) is 101 Å². The average Bonchev–Trinajstić information content (AvgIpc) is 3.13. The molecule has 1 aromatic heterocycles. The van der Waals surface area contributed by atoms with Crippen LogP contribution in [0.3, 0.4) is 0 Å². The van der Waals surface area contributed by atoms with E-state index in [4.69, 9.17) is 0 Å².